The van der Waals surface area contributed by atoms with Crippen LogP contribution >= 0.6 is 23.2 Å². The second kappa shape index (κ2) is 9.97. The van der Waals surface area contributed by atoms with Crippen LogP contribution in [0.15, 0.2) is 36.5 Å². The van der Waals surface area contributed by atoms with Crippen molar-refractivity contribution in [2.24, 2.45) is 0 Å². The third kappa shape index (κ3) is 4.33. The van der Waals surface area contributed by atoms with Gasteiger partial charge < -0.3 is 9.80 Å². The second-order valence-electron chi connectivity index (χ2n) is 10.4. The number of rotatable bonds is 4. The van der Waals surface area contributed by atoms with Gasteiger partial charge in [0.2, 0.25) is 0 Å². The first-order chi connectivity index (χ1) is 19.1. The Balaban J connectivity index is 1.28. The second-order valence-corrected chi connectivity index (χ2v) is 11.2. The normalized spacial score (nSPS) is 19.4. The van der Waals surface area contributed by atoms with Crippen molar-refractivity contribution in [1.82, 2.24) is 44.8 Å². The van der Waals surface area contributed by atoms with E-state index in [0.717, 1.165) is 16.8 Å². The predicted octanol–water partition coefficient (Wildman–Crippen LogP) is 4.23. The van der Waals surface area contributed by atoms with E-state index in [1.165, 1.54) is 0 Å². The highest BCUT2D eigenvalue weighted by Crippen LogP contribution is 2.35. The summed E-state index contributed by atoms with van der Waals surface area (Å²) in [5.74, 6) is 0.954. The maximum atomic E-state index is 14.0. The van der Waals surface area contributed by atoms with Crippen LogP contribution in [-0.4, -0.2) is 69.2 Å². The molecule has 206 valence electrons. The largest absolute Gasteiger partial charge is 0.331 e. The SMILES string of the molecule is Cc1nnnn1-c1ccc([C@@H](C)N2C[C@@H](C)n3nc4c(c3C2=O)CN(C(=O)c2ccc(Cl)c(Cl)c2)[C@H](C)C4)cn1. The van der Waals surface area contributed by atoms with Crippen molar-refractivity contribution in [1.29, 1.82) is 0 Å². The Morgan fingerprint density at radius 2 is 1.90 bits per heavy atom. The van der Waals surface area contributed by atoms with Crippen LogP contribution in [0, 0.1) is 6.92 Å². The van der Waals surface area contributed by atoms with Crippen LogP contribution in [0.4, 0.5) is 0 Å². The molecule has 1 aromatic carbocycles. The van der Waals surface area contributed by atoms with Crippen molar-refractivity contribution in [2.75, 3.05) is 6.54 Å². The van der Waals surface area contributed by atoms with Crippen LogP contribution in [0.25, 0.3) is 5.82 Å². The minimum atomic E-state index is -0.234. The molecule has 0 bridgehead atoms. The number of hydrogen-bond donors (Lipinski definition) is 0. The third-order valence-corrected chi connectivity index (χ3v) is 8.51. The molecule has 0 saturated heterocycles. The molecule has 6 rings (SSSR count). The lowest BCUT2D eigenvalue weighted by Crippen LogP contribution is -2.45. The Morgan fingerprint density at radius 3 is 2.58 bits per heavy atom. The van der Waals surface area contributed by atoms with Crippen molar-refractivity contribution >= 4 is 35.0 Å². The van der Waals surface area contributed by atoms with Gasteiger partial charge >= 0.3 is 0 Å². The molecule has 13 heteroatoms. The summed E-state index contributed by atoms with van der Waals surface area (Å²) < 4.78 is 3.39. The molecule has 0 unspecified atom stereocenters. The summed E-state index contributed by atoms with van der Waals surface area (Å²) in [6.45, 7) is 8.62. The summed E-state index contributed by atoms with van der Waals surface area (Å²) >= 11 is 12.2. The van der Waals surface area contributed by atoms with Gasteiger partial charge in [-0.3, -0.25) is 14.3 Å². The molecule has 5 heterocycles. The van der Waals surface area contributed by atoms with E-state index in [2.05, 4.69) is 27.4 Å². The molecule has 3 atom stereocenters. The molecule has 3 aromatic heterocycles. The van der Waals surface area contributed by atoms with Crippen molar-refractivity contribution in [2.45, 2.75) is 58.8 Å². The molecule has 2 aliphatic rings. The minimum absolute atomic E-state index is 0.0358. The molecule has 0 aliphatic carbocycles. The molecule has 4 aromatic rings. The summed E-state index contributed by atoms with van der Waals surface area (Å²) in [6.07, 6.45) is 2.31. The Morgan fingerprint density at radius 1 is 1.10 bits per heavy atom. The zero-order valence-corrected chi connectivity index (χ0v) is 23.9. The number of carbonyl (C=O) groups is 2. The Hall–Kier alpha value is -3.83. The number of amides is 2. The average Bonchev–Trinajstić information content (AvgIpc) is 3.54. The Kier molecular flexibility index (Phi) is 6.58. The van der Waals surface area contributed by atoms with Gasteiger partial charge in [-0.1, -0.05) is 29.3 Å². The summed E-state index contributed by atoms with van der Waals surface area (Å²) in [7, 11) is 0. The van der Waals surface area contributed by atoms with E-state index in [0.29, 0.717) is 45.9 Å². The molecule has 0 saturated carbocycles. The maximum Gasteiger partial charge on any atom is 0.273 e. The van der Waals surface area contributed by atoms with E-state index in [1.54, 1.807) is 40.9 Å². The van der Waals surface area contributed by atoms with Gasteiger partial charge in [0, 0.05) is 36.3 Å². The zero-order valence-electron chi connectivity index (χ0n) is 22.4. The third-order valence-electron chi connectivity index (χ3n) is 7.77. The number of hydrogen-bond acceptors (Lipinski definition) is 7. The van der Waals surface area contributed by atoms with E-state index < -0.39 is 0 Å². The number of pyridine rings is 1. The molecule has 2 aliphatic heterocycles. The fraction of sp³-hybridized carbons (Fsp3) is 0.370. The number of halogens is 2. The van der Waals surface area contributed by atoms with Crippen LogP contribution in [0.2, 0.25) is 10.0 Å². The summed E-state index contributed by atoms with van der Waals surface area (Å²) in [5, 5.41) is 17.1. The minimum Gasteiger partial charge on any atom is -0.331 e. The molecule has 0 fully saturated rings. The van der Waals surface area contributed by atoms with E-state index in [-0.39, 0.29) is 36.5 Å². The van der Waals surface area contributed by atoms with Crippen LogP contribution in [-0.2, 0) is 13.0 Å². The van der Waals surface area contributed by atoms with Crippen LogP contribution in [0.5, 0.6) is 0 Å². The van der Waals surface area contributed by atoms with Gasteiger partial charge in [-0.05, 0) is 68.0 Å². The highest BCUT2D eigenvalue weighted by molar-refractivity contribution is 6.42. The maximum absolute atomic E-state index is 14.0. The van der Waals surface area contributed by atoms with Crippen molar-refractivity contribution < 1.29 is 9.59 Å². The number of fused-ring (bicyclic) bond motifs is 3. The van der Waals surface area contributed by atoms with Gasteiger partial charge in [0.15, 0.2) is 11.6 Å². The predicted molar refractivity (Wildman–Crippen MR) is 148 cm³/mol. The fourth-order valence-electron chi connectivity index (χ4n) is 5.48. The topological polar surface area (TPSA) is 115 Å². The highest BCUT2D eigenvalue weighted by atomic mass is 35.5. The van der Waals surface area contributed by atoms with E-state index in [9.17, 15) is 9.59 Å². The quantitative estimate of drug-likeness (QED) is 0.355. The Labute approximate surface area is 240 Å². The summed E-state index contributed by atoms with van der Waals surface area (Å²) in [5.41, 5.74) is 3.53. The number of tetrazole rings is 1. The van der Waals surface area contributed by atoms with Gasteiger partial charge in [-0.2, -0.15) is 9.78 Å². The van der Waals surface area contributed by atoms with Crippen molar-refractivity contribution in [3.63, 3.8) is 0 Å². The molecule has 0 N–H and O–H groups in total. The van der Waals surface area contributed by atoms with Crippen LogP contribution in [0.3, 0.4) is 0 Å². The lowest BCUT2D eigenvalue weighted by atomic mass is 9.96. The number of nitrogens with zero attached hydrogens (tertiary/aromatic N) is 9. The first-order valence-corrected chi connectivity index (χ1v) is 13.8. The lowest BCUT2D eigenvalue weighted by Gasteiger charge is -2.37. The summed E-state index contributed by atoms with van der Waals surface area (Å²) in [4.78, 5) is 35.6. The van der Waals surface area contributed by atoms with Crippen molar-refractivity contribution in [3.05, 3.63) is 80.5 Å². The molecule has 0 radical (unpaired) electrons. The number of aromatic nitrogens is 7. The number of carbonyl (C=O) groups excluding carboxylic acids is 2. The molecular weight excluding hydrogens is 553 g/mol. The first kappa shape index (κ1) is 26.4. The molecular formula is C27H27Cl2N9O2. The Bertz CT molecular complexity index is 1630. The van der Waals surface area contributed by atoms with Gasteiger partial charge in [0.25, 0.3) is 11.8 Å². The first-order valence-electron chi connectivity index (χ1n) is 13.0. The van der Waals surface area contributed by atoms with Gasteiger partial charge in [-0.15, -0.1) is 5.10 Å². The van der Waals surface area contributed by atoms with Crippen LogP contribution < -0.4 is 0 Å². The molecule has 11 nitrogen and oxygen atoms in total. The van der Waals surface area contributed by atoms with Crippen molar-refractivity contribution in [3.8, 4) is 5.82 Å². The molecule has 40 heavy (non-hydrogen) atoms. The zero-order chi connectivity index (χ0) is 28.3. The smallest absolute Gasteiger partial charge is 0.273 e. The molecule has 2 amide bonds. The van der Waals surface area contributed by atoms with E-state index in [4.69, 9.17) is 28.3 Å². The van der Waals surface area contributed by atoms with Gasteiger partial charge in [-0.25, -0.2) is 4.98 Å². The van der Waals surface area contributed by atoms with E-state index in [1.807, 2.05) is 35.6 Å². The molecule has 0 spiro atoms. The lowest BCUT2D eigenvalue weighted by molar-refractivity contribution is 0.0574. The van der Waals surface area contributed by atoms with Gasteiger partial charge in [0.05, 0.1) is 34.4 Å². The van der Waals surface area contributed by atoms with E-state index >= 15 is 0 Å². The number of aryl methyl sites for hydroxylation is 1. The monoisotopic (exact) mass is 579 g/mol. The fourth-order valence-corrected chi connectivity index (χ4v) is 5.78. The summed E-state index contributed by atoms with van der Waals surface area (Å²) in [6, 6.07) is 8.28. The van der Waals surface area contributed by atoms with Gasteiger partial charge in [0.1, 0.15) is 5.69 Å². The number of benzene rings is 1. The standard InChI is InChI=1S/C27H27Cl2N9O2/c1-14-9-23-20(13-35(14)26(39)18-5-7-21(28)22(29)10-18)25-27(40)36(12-15(2)37(25)32-23)16(3)19-6-8-24(30-11-19)38-17(4)31-33-34-38/h5-8,10-11,14-16H,9,12-13H2,1-4H3/t14-,15-,16-/m1/s1. The highest BCUT2D eigenvalue weighted by Gasteiger charge is 2.40. The average molecular weight is 580 g/mol. The van der Waals surface area contributed by atoms with Crippen LogP contribution in [0.1, 0.15) is 76.3 Å².